The predicted molar refractivity (Wildman–Crippen MR) is 101 cm³/mol. The van der Waals surface area contributed by atoms with Crippen LogP contribution in [-0.2, 0) is 4.79 Å². The average molecular weight is 366 g/mol. The molecule has 0 bridgehead atoms. The van der Waals surface area contributed by atoms with Crippen LogP contribution in [0, 0.1) is 13.8 Å². The van der Waals surface area contributed by atoms with Gasteiger partial charge in [0.05, 0.1) is 5.75 Å². The molecule has 0 spiro atoms. The summed E-state index contributed by atoms with van der Waals surface area (Å²) in [7, 11) is 0. The number of hydrogen-bond acceptors (Lipinski definition) is 6. The fraction of sp³-hybridized carbons (Fsp3) is 0.312. The third-order valence-corrected chi connectivity index (χ3v) is 6.23. The molecular weight excluding hydrogens is 346 g/mol. The van der Waals surface area contributed by atoms with Crippen LogP contribution >= 0.6 is 34.9 Å². The van der Waals surface area contributed by atoms with Crippen molar-refractivity contribution in [2.75, 3.05) is 16.8 Å². The van der Waals surface area contributed by atoms with Crippen LogP contribution in [-0.4, -0.2) is 27.6 Å². The van der Waals surface area contributed by atoms with Crippen molar-refractivity contribution >= 4 is 46.5 Å². The van der Waals surface area contributed by atoms with E-state index in [4.69, 9.17) is 0 Å². The van der Waals surface area contributed by atoms with Gasteiger partial charge in [-0.2, -0.15) is 0 Å². The number of aryl methyl sites for hydroxylation is 2. The summed E-state index contributed by atoms with van der Waals surface area (Å²) in [4.78, 5) is 12.1. The van der Waals surface area contributed by atoms with Crippen LogP contribution in [0.2, 0.25) is 0 Å². The second-order valence-corrected chi connectivity index (χ2v) is 8.66. The van der Waals surface area contributed by atoms with Crippen LogP contribution in [0.3, 0.4) is 0 Å². The molecule has 0 aliphatic carbocycles. The lowest BCUT2D eigenvalue weighted by Crippen LogP contribution is -2.14. The highest BCUT2D eigenvalue weighted by molar-refractivity contribution is 8.03. The second-order valence-electron chi connectivity index (χ2n) is 5.23. The van der Waals surface area contributed by atoms with E-state index in [2.05, 4.69) is 28.2 Å². The molecule has 1 aromatic heterocycles. The van der Waals surface area contributed by atoms with Gasteiger partial charge in [-0.3, -0.25) is 4.79 Å². The number of nitrogens with one attached hydrogen (secondary N) is 1. The topological polar surface area (TPSA) is 54.9 Å². The molecule has 0 unspecified atom stereocenters. The highest BCUT2D eigenvalue weighted by Gasteiger charge is 2.10. The summed E-state index contributed by atoms with van der Waals surface area (Å²) in [6, 6.07) is 5.98. The molecule has 0 saturated heterocycles. The number of carbonyl (C=O) groups is 1. The number of nitrogens with zero attached hydrogens (tertiary/aromatic N) is 2. The van der Waals surface area contributed by atoms with Gasteiger partial charge in [-0.1, -0.05) is 64.7 Å². The smallest absolute Gasteiger partial charge is 0.234 e. The largest absolute Gasteiger partial charge is 0.325 e. The van der Waals surface area contributed by atoms with Crippen LogP contribution in [0.4, 0.5) is 5.69 Å². The van der Waals surface area contributed by atoms with E-state index >= 15 is 0 Å². The highest BCUT2D eigenvalue weighted by Crippen LogP contribution is 2.29. The molecule has 1 aromatic carbocycles. The number of carbonyl (C=O) groups excluding carboxylic acids is 1. The SMILES string of the molecule is C=C(C)CSc1nnc(SCC(=O)Nc2ccc(C)cc2C)s1. The molecule has 0 aliphatic heterocycles. The quantitative estimate of drug-likeness (QED) is 0.576. The van der Waals surface area contributed by atoms with E-state index in [0.717, 1.165) is 31.3 Å². The minimum absolute atomic E-state index is 0.0340. The summed E-state index contributed by atoms with van der Waals surface area (Å²) in [5.74, 6) is 1.13. The van der Waals surface area contributed by atoms with E-state index in [-0.39, 0.29) is 5.91 Å². The Morgan fingerprint density at radius 2 is 1.87 bits per heavy atom. The minimum atomic E-state index is -0.0340. The molecule has 122 valence electrons. The zero-order valence-corrected chi connectivity index (χ0v) is 15.8. The highest BCUT2D eigenvalue weighted by atomic mass is 32.2. The first kappa shape index (κ1) is 18.0. The third kappa shape index (κ3) is 6.01. The number of anilines is 1. The first-order valence-corrected chi connectivity index (χ1v) is 9.83. The molecule has 2 rings (SSSR count). The first-order chi connectivity index (χ1) is 10.9. The van der Waals surface area contributed by atoms with Crippen LogP contribution in [0.25, 0.3) is 0 Å². The molecule has 2 aromatic rings. The van der Waals surface area contributed by atoms with E-state index < -0.39 is 0 Å². The monoisotopic (exact) mass is 365 g/mol. The Morgan fingerprint density at radius 1 is 1.22 bits per heavy atom. The Labute approximate surface area is 149 Å². The number of aromatic nitrogens is 2. The maximum Gasteiger partial charge on any atom is 0.234 e. The van der Waals surface area contributed by atoms with E-state index in [1.165, 1.54) is 28.7 Å². The van der Waals surface area contributed by atoms with E-state index in [9.17, 15) is 4.79 Å². The van der Waals surface area contributed by atoms with Crippen molar-refractivity contribution in [1.82, 2.24) is 10.2 Å². The summed E-state index contributed by atoms with van der Waals surface area (Å²) in [5, 5.41) is 11.1. The molecule has 1 amide bonds. The van der Waals surface area contributed by atoms with Crippen LogP contribution in [0.1, 0.15) is 18.1 Å². The van der Waals surface area contributed by atoms with Crippen LogP contribution in [0.15, 0.2) is 39.0 Å². The van der Waals surface area contributed by atoms with Crippen molar-refractivity contribution in [3.05, 3.63) is 41.5 Å². The van der Waals surface area contributed by atoms with Crippen molar-refractivity contribution in [2.45, 2.75) is 29.5 Å². The molecule has 4 nitrogen and oxygen atoms in total. The molecule has 1 heterocycles. The fourth-order valence-electron chi connectivity index (χ4n) is 1.77. The normalized spacial score (nSPS) is 10.6. The van der Waals surface area contributed by atoms with Crippen molar-refractivity contribution in [1.29, 1.82) is 0 Å². The molecule has 0 aliphatic rings. The summed E-state index contributed by atoms with van der Waals surface area (Å²) >= 11 is 4.54. The molecule has 0 atom stereocenters. The predicted octanol–water partition coefficient (Wildman–Crippen LogP) is 4.55. The van der Waals surface area contributed by atoms with Gasteiger partial charge in [-0.15, -0.1) is 10.2 Å². The minimum Gasteiger partial charge on any atom is -0.325 e. The second kappa shape index (κ2) is 8.52. The summed E-state index contributed by atoms with van der Waals surface area (Å²) < 4.78 is 1.72. The van der Waals surface area contributed by atoms with Gasteiger partial charge in [-0.25, -0.2) is 0 Å². The molecule has 0 saturated carbocycles. The maximum absolute atomic E-state index is 12.1. The van der Waals surface area contributed by atoms with Gasteiger partial charge in [0, 0.05) is 11.4 Å². The third-order valence-electron chi connectivity index (χ3n) is 2.81. The number of thioether (sulfide) groups is 2. The molecule has 1 N–H and O–H groups in total. The summed E-state index contributed by atoms with van der Waals surface area (Å²) in [6.45, 7) is 9.88. The van der Waals surface area contributed by atoms with E-state index in [1.54, 1.807) is 11.8 Å². The molecule has 0 fully saturated rings. The number of rotatable bonds is 7. The first-order valence-electron chi connectivity index (χ1n) is 7.04. The number of benzene rings is 1. The standard InChI is InChI=1S/C16H19N3OS3/c1-10(2)8-21-15-18-19-16(23-15)22-9-14(20)17-13-6-5-11(3)7-12(13)4/h5-7H,1,8-9H2,2-4H3,(H,17,20). The lowest BCUT2D eigenvalue weighted by Gasteiger charge is -2.08. The van der Waals surface area contributed by atoms with Gasteiger partial charge in [0.25, 0.3) is 0 Å². The van der Waals surface area contributed by atoms with Gasteiger partial charge in [-0.05, 0) is 32.4 Å². The number of amides is 1. The van der Waals surface area contributed by atoms with Gasteiger partial charge in [0.2, 0.25) is 5.91 Å². The molecule has 7 heteroatoms. The molecular formula is C16H19N3OS3. The molecule has 0 radical (unpaired) electrons. The Kier molecular flexibility index (Phi) is 6.68. The van der Waals surface area contributed by atoms with Gasteiger partial charge in [0.1, 0.15) is 0 Å². The van der Waals surface area contributed by atoms with E-state index in [0.29, 0.717) is 5.75 Å². The van der Waals surface area contributed by atoms with Crippen molar-refractivity contribution in [3.8, 4) is 0 Å². The Morgan fingerprint density at radius 3 is 2.48 bits per heavy atom. The number of hydrogen-bond donors (Lipinski definition) is 1. The van der Waals surface area contributed by atoms with Gasteiger partial charge >= 0.3 is 0 Å². The lowest BCUT2D eigenvalue weighted by molar-refractivity contribution is -0.113. The van der Waals surface area contributed by atoms with Gasteiger partial charge in [0.15, 0.2) is 8.68 Å². The van der Waals surface area contributed by atoms with Crippen LogP contribution < -0.4 is 5.32 Å². The Bertz CT molecular complexity index is 712. The Hall–Kier alpha value is -1.31. The lowest BCUT2D eigenvalue weighted by atomic mass is 10.1. The fourth-order valence-corrected chi connectivity index (χ4v) is 4.43. The van der Waals surface area contributed by atoms with E-state index in [1.807, 2.05) is 32.9 Å². The Balaban J connectivity index is 1.83. The summed E-state index contributed by atoms with van der Waals surface area (Å²) in [6.07, 6.45) is 0. The van der Waals surface area contributed by atoms with Gasteiger partial charge < -0.3 is 5.32 Å². The zero-order chi connectivity index (χ0) is 16.8. The zero-order valence-electron chi connectivity index (χ0n) is 13.4. The maximum atomic E-state index is 12.1. The average Bonchev–Trinajstić information content (AvgIpc) is 2.94. The molecule has 23 heavy (non-hydrogen) atoms. The van der Waals surface area contributed by atoms with Crippen molar-refractivity contribution in [3.63, 3.8) is 0 Å². The summed E-state index contributed by atoms with van der Waals surface area (Å²) in [5.41, 5.74) is 4.21. The van der Waals surface area contributed by atoms with Crippen molar-refractivity contribution < 1.29 is 4.79 Å². The van der Waals surface area contributed by atoms with Crippen LogP contribution in [0.5, 0.6) is 0 Å². The van der Waals surface area contributed by atoms with Crippen molar-refractivity contribution in [2.24, 2.45) is 0 Å².